The van der Waals surface area contributed by atoms with E-state index < -0.39 is 0 Å². The van der Waals surface area contributed by atoms with E-state index in [0.29, 0.717) is 5.69 Å². The summed E-state index contributed by atoms with van der Waals surface area (Å²) in [4.78, 5) is 28.0. The molecule has 0 radical (unpaired) electrons. The largest absolute Gasteiger partial charge is 0.354 e. The van der Waals surface area contributed by atoms with E-state index in [1.165, 1.54) is 10.9 Å². The molecule has 1 unspecified atom stereocenters. The van der Waals surface area contributed by atoms with Crippen LogP contribution in [0.2, 0.25) is 0 Å². The van der Waals surface area contributed by atoms with E-state index in [0.717, 1.165) is 54.0 Å². The van der Waals surface area contributed by atoms with E-state index in [2.05, 4.69) is 56.6 Å². The fourth-order valence-electron chi connectivity index (χ4n) is 4.67. The Hall–Kier alpha value is -3.64. The highest BCUT2D eigenvalue weighted by molar-refractivity contribution is 5.92. The van der Waals surface area contributed by atoms with Gasteiger partial charge in [-0.1, -0.05) is 18.2 Å². The number of aromatic nitrogens is 3. The molecule has 166 valence electrons. The molecular formula is C27H27N5O. The lowest BCUT2D eigenvalue weighted by atomic mass is 10.0. The number of fused-ring (bicyclic) bond motifs is 1. The Kier molecular flexibility index (Phi) is 5.84. The van der Waals surface area contributed by atoms with Crippen LogP contribution in [0.3, 0.4) is 0 Å². The van der Waals surface area contributed by atoms with E-state index in [9.17, 15) is 4.79 Å². The van der Waals surface area contributed by atoms with Gasteiger partial charge in [-0.25, -0.2) is 0 Å². The van der Waals surface area contributed by atoms with Crippen LogP contribution >= 0.6 is 0 Å². The Morgan fingerprint density at radius 2 is 2.00 bits per heavy atom. The summed E-state index contributed by atoms with van der Waals surface area (Å²) in [6.45, 7) is 3.99. The van der Waals surface area contributed by atoms with Crippen LogP contribution < -0.4 is 5.32 Å². The maximum absolute atomic E-state index is 11.8. The van der Waals surface area contributed by atoms with Crippen LogP contribution in [0.1, 0.15) is 46.3 Å². The Balaban J connectivity index is 1.40. The van der Waals surface area contributed by atoms with Crippen molar-refractivity contribution in [1.82, 2.24) is 25.2 Å². The molecule has 0 spiro atoms. The van der Waals surface area contributed by atoms with Crippen molar-refractivity contribution in [2.75, 3.05) is 13.6 Å². The van der Waals surface area contributed by atoms with Crippen LogP contribution in [0, 0.1) is 6.92 Å². The molecule has 1 aliphatic rings. The number of carbonyl (C=O) groups excluding carboxylic acids is 1. The summed E-state index contributed by atoms with van der Waals surface area (Å²) in [5.74, 6) is -0.181. The number of nitrogens with zero attached hydrogens (tertiary/aromatic N) is 4. The molecule has 1 amide bonds. The van der Waals surface area contributed by atoms with E-state index in [1.54, 1.807) is 19.3 Å². The van der Waals surface area contributed by atoms with E-state index >= 15 is 0 Å². The minimum atomic E-state index is -0.181. The first-order chi connectivity index (χ1) is 16.1. The molecule has 1 aliphatic heterocycles. The molecule has 6 nitrogen and oxygen atoms in total. The van der Waals surface area contributed by atoms with Crippen molar-refractivity contribution in [2.24, 2.45) is 0 Å². The van der Waals surface area contributed by atoms with Crippen molar-refractivity contribution in [1.29, 1.82) is 0 Å². The molecule has 1 N–H and O–H groups in total. The number of nitrogens with one attached hydrogen (secondary N) is 1. The van der Waals surface area contributed by atoms with Crippen molar-refractivity contribution in [3.8, 4) is 11.1 Å². The number of pyridine rings is 3. The summed E-state index contributed by atoms with van der Waals surface area (Å²) in [6, 6.07) is 18.9. The van der Waals surface area contributed by atoms with Crippen LogP contribution in [0.25, 0.3) is 22.0 Å². The molecule has 0 aliphatic carbocycles. The van der Waals surface area contributed by atoms with E-state index in [4.69, 9.17) is 4.98 Å². The zero-order valence-corrected chi connectivity index (χ0v) is 19.0. The van der Waals surface area contributed by atoms with Gasteiger partial charge in [-0.15, -0.1) is 0 Å². The number of hydrogen-bond acceptors (Lipinski definition) is 5. The molecule has 0 bridgehead atoms. The molecule has 6 heteroatoms. The van der Waals surface area contributed by atoms with Gasteiger partial charge in [0, 0.05) is 42.6 Å². The normalized spacial score (nSPS) is 16.2. The Labute approximate surface area is 193 Å². The molecule has 0 saturated carbocycles. The van der Waals surface area contributed by atoms with Gasteiger partial charge in [0.15, 0.2) is 0 Å². The number of rotatable bonds is 5. The second-order valence-corrected chi connectivity index (χ2v) is 8.59. The van der Waals surface area contributed by atoms with Crippen LogP contribution in [0.15, 0.2) is 67.0 Å². The third-order valence-electron chi connectivity index (χ3n) is 6.29. The van der Waals surface area contributed by atoms with Gasteiger partial charge in [-0.2, -0.15) is 0 Å². The molecule has 4 aromatic rings. The second-order valence-electron chi connectivity index (χ2n) is 8.59. The lowest BCUT2D eigenvalue weighted by molar-refractivity contribution is 0.0958. The maximum Gasteiger partial charge on any atom is 0.269 e. The summed E-state index contributed by atoms with van der Waals surface area (Å²) in [5.41, 5.74) is 6.89. The highest BCUT2D eigenvalue weighted by Crippen LogP contribution is 2.34. The number of carbonyl (C=O) groups is 1. The molecule has 1 aromatic carbocycles. The lowest BCUT2D eigenvalue weighted by Gasteiger charge is -2.25. The number of aryl methyl sites for hydroxylation is 1. The maximum atomic E-state index is 11.8. The number of likely N-dealkylation sites (tertiary alicyclic amines) is 1. The third-order valence-corrected chi connectivity index (χ3v) is 6.29. The van der Waals surface area contributed by atoms with Crippen molar-refractivity contribution in [2.45, 2.75) is 32.4 Å². The van der Waals surface area contributed by atoms with E-state index in [-0.39, 0.29) is 11.9 Å². The molecule has 33 heavy (non-hydrogen) atoms. The average molecular weight is 438 g/mol. The first-order valence-corrected chi connectivity index (χ1v) is 11.4. The lowest BCUT2D eigenvalue weighted by Crippen LogP contribution is -2.23. The highest BCUT2D eigenvalue weighted by Gasteiger charge is 2.27. The predicted octanol–water partition coefficient (Wildman–Crippen LogP) is 4.70. The van der Waals surface area contributed by atoms with Gasteiger partial charge < -0.3 is 5.32 Å². The van der Waals surface area contributed by atoms with Crippen LogP contribution in [0.5, 0.6) is 0 Å². The Morgan fingerprint density at radius 1 is 1.09 bits per heavy atom. The average Bonchev–Trinajstić information content (AvgIpc) is 3.31. The summed E-state index contributed by atoms with van der Waals surface area (Å²) < 4.78 is 0. The van der Waals surface area contributed by atoms with Crippen molar-refractivity contribution in [3.05, 3.63) is 89.6 Å². The molecule has 1 atom stereocenters. The Morgan fingerprint density at radius 3 is 2.82 bits per heavy atom. The quantitative estimate of drug-likeness (QED) is 0.490. The fraction of sp³-hybridized carbons (Fsp3) is 0.259. The SMILES string of the molecule is CNC(=O)c1ccc(-c2cc(C)nc(C3CCCN3Cc3ccc4ncccc4c3)c2)cn1. The summed E-state index contributed by atoms with van der Waals surface area (Å²) >= 11 is 0. The van der Waals surface area contributed by atoms with Gasteiger partial charge in [0.05, 0.1) is 17.3 Å². The zero-order chi connectivity index (χ0) is 22.8. The van der Waals surface area contributed by atoms with Gasteiger partial charge in [0.2, 0.25) is 0 Å². The van der Waals surface area contributed by atoms with Crippen LogP contribution in [-0.4, -0.2) is 39.4 Å². The van der Waals surface area contributed by atoms with Crippen LogP contribution in [-0.2, 0) is 6.54 Å². The van der Waals surface area contributed by atoms with Gasteiger partial charge in [0.1, 0.15) is 5.69 Å². The van der Waals surface area contributed by atoms with Gasteiger partial charge in [-0.3, -0.25) is 24.6 Å². The second kappa shape index (κ2) is 9.08. The topological polar surface area (TPSA) is 71.0 Å². The fourth-order valence-corrected chi connectivity index (χ4v) is 4.67. The monoisotopic (exact) mass is 437 g/mol. The number of hydrogen-bond donors (Lipinski definition) is 1. The number of amides is 1. The molecule has 4 heterocycles. The number of benzene rings is 1. The molecule has 1 fully saturated rings. The van der Waals surface area contributed by atoms with E-state index in [1.807, 2.05) is 25.3 Å². The molecule has 3 aromatic heterocycles. The molecule has 1 saturated heterocycles. The predicted molar refractivity (Wildman–Crippen MR) is 130 cm³/mol. The summed E-state index contributed by atoms with van der Waals surface area (Å²) in [5, 5.41) is 3.79. The summed E-state index contributed by atoms with van der Waals surface area (Å²) in [6.07, 6.45) is 5.85. The third kappa shape index (κ3) is 4.47. The first kappa shape index (κ1) is 21.2. The van der Waals surface area contributed by atoms with Gasteiger partial charge >= 0.3 is 0 Å². The molecule has 5 rings (SSSR count). The van der Waals surface area contributed by atoms with Crippen LogP contribution in [0.4, 0.5) is 0 Å². The molecular weight excluding hydrogens is 410 g/mol. The zero-order valence-electron chi connectivity index (χ0n) is 19.0. The highest BCUT2D eigenvalue weighted by atomic mass is 16.1. The first-order valence-electron chi connectivity index (χ1n) is 11.4. The minimum Gasteiger partial charge on any atom is -0.354 e. The van der Waals surface area contributed by atoms with Crippen molar-refractivity contribution in [3.63, 3.8) is 0 Å². The van der Waals surface area contributed by atoms with Gasteiger partial charge in [-0.05, 0) is 73.8 Å². The van der Waals surface area contributed by atoms with Crippen molar-refractivity contribution < 1.29 is 4.79 Å². The Bertz CT molecular complexity index is 1300. The smallest absolute Gasteiger partial charge is 0.269 e. The summed E-state index contributed by atoms with van der Waals surface area (Å²) in [7, 11) is 1.61. The van der Waals surface area contributed by atoms with Crippen molar-refractivity contribution >= 4 is 16.8 Å². The minimum absolute atomic E-state index is 0.181. The standard InChI is InChI=1S/C27H27N5O/c1-18-13-22(21-8-10-24(30-16-21)27(33)28-2)15-25(31-18)26-6-4-12-32(26)17-19-7-9-23-20(14-19)5-3-11-29-23/h3,5,7-11,13-16,26H,4,6,12,17H2,1-2H3,(H,28,33). The van der Waals surface area contributed by atoms with Gasteiger partial charge in [0.25, 0.3) is 5.91 Å².